The standard InChI is InChI=1S/C10H14BrNO/c1-6-3-8(10(12)5-13)7(2)9(11)4-6/h3-4,10,13H,5,12H2,1-2H3. The van der Waals surface area contributed by atoms with Crippen LogP contribution in [0.5, 0.6) is 0 Å². The molecule has 3 N–H and O–H groups in total. The fraction of sp³-hybridized carbons (Fsp3) is 0.400. The predicted molar refractivity (Wildman–Crippen MR) is 57.6 cm³/mol. The van der Waals surface area contributed by atoms with Crippen LogP contribution >= 0.6 is 15.9 Å². The molecule has 1 aromatic rings. The number of aliphatic hydroxyl groups excluding tert-OH is 1. The summed E-state index contributed by atoms with van der Waals surface area (Å²) in [6.45, 7) is 3.99. The highest BCUT2D eigenvalue weighted by molar-refractivity contribution is 9.10. The Morgan fingerprint density at radius 2 is 2.08 bits per heavy atom. The lowest BCUT2D eigenvalue weighted by Crippen LogP contribution is -2.16. The van der Waals surface area contributed by atoms with E-state index < -0.39 is 0 Å². The maximum Gasteiger partial charge on any atom is 0.0624 e. The van der Waals surface area contributed by atoms with Crippen LogP contribution in [0.1, 0.15) is 22.7 Å². The molecule has 1 aromatic carbocycles. The van der Waals surface area contributed by atoms with Crippen molar-refractivity contribution in [3.05, 3.63) is 33.3 Å². The van der Waals surface area contributed by atoms with Crippen molar-refractivity contribution in [1.29, 1.82) is 0 Å². The lowest BCUT2D eigenvalue weighted by atomic mass is 10.00. The molecular weight excluding hydrogens is 230 g/mol. The zero-order valence-electron chi connectivity index (χ0n) is 7.84. The van der Waals surface area contributed by atoms with Crippen LogP contribution in [0.25, 0.3) is 0 Å². The summed E-state index contributed by atoms with van der Waals surface area (Å²) in [6, 6.07) is 3.78. The summed E-state index contributed by atoms with van der Waals surface area (Å²) in [6.07, 6.45) is 0. The van der Waals surface area contributed by atoms with Gasteiger partial charge in [-0.05, 0) is 36.6 Å². The smallest absolute Gasteiger partial charge is 0.0624 e. The molecule has 0 aromatic heterocycles. The van der Waals surface area contributed by atoms with E-state index in [2.05, 4.69) is 15.9 Å². The second-order valence-electron chi connectivity index (χ2n) is 3.25. The van der Waals surface area contributed by atoms with Crippen molar-refractivity contribution in [2.24, 2.45) is 5.73 Å². The summed E-state index contributed by atoms with van der Waals surface area (Å²) >= 11 is 3.46. The summed E-state index contributed by atoms with van der Waals surface area (Å²) in [7, 11) is 0. The molecule has 0 bridgehead atoms. The van der Waals surface area contributed by atoms with Gasteiger partial charge in [0.25, 0.3) is 0 Å². The fourth-order valence-corrected chi connectivity index (χ4v) is 1.91. The van der Waals surface area contributed by atoms with Gasteiger partial charge in [-0.1, -0.05) is 22.0 Å². The Morgan fingerprint density at radius 3 is 2.62 bits per heavy atom. The minimum atomic E-state index is -0.281. The Morgan fingerprint density at radius 1 is 1.46 bits per heavy atom. The van der Waals surface area contributed by atoms with Crippen LogP contribution in [0.3, 0.4) is 0 Å². The van der Waals surface area contributed by atoms with Crippen molar-refractivity contribution in [2.45, 2.75) is 19.9 Å². The van der Waals surface area contributed by atoms with Crippen LogP contribution < -0.4 is 5.73 Å². The average Bonchev–Trinajstić information content (AvgIpc) is 2.10. The molecular formula is C10H14BrNO. The van der Waals surface area contributed by atoms with Gasteiger partial charge >= 0.3 is 0 Å². The van der Waals surface area contributed by atoms with Gasteiger partial charge in [0.1, 0.15) is 0 Å². The molecule has 0 heterocycles. The summed E-state index contributed by atoms with van der Waals surface area (Å²) in [5.74, 6) is 0. The van der Waals surface area contributed by atoms with E-state index in [1.165, 1.54) is 0 Å². The quantitative estimate of drug-likeness (QED) is 0.836. The number of benzene rings is 1. The van der Waals surface area contributed by atoms with E-state index in [1.807, 2.05) is 26.0 Å². The molecule has 1 unspecified atom stereocenters. The predicted octanol–water partition coefficient (Wildman–Crippen LogP) is 2.06. The van der Waals surface area contributed by atoms with E-state index in [9.17, 15) is 0 Å². The van der Waals surface area contributed by atoms with E-state index >= 15 is 0 Å². The first-order valence-electron chi connectivity index (χ1n) is 4.19. The van der Waals surface area contributed by atoms with Gasteiger partial charge in [-0.2, -0.15) is 0 Å². The minimum absolute atomic E-state index is 0.0171. The van der Waals surface area contributed by atoms with Gasteiger partial charge in [-0.3, -0.25) is 0 Å². The van der Waals surface area contributed by atoms with Gasteiger partial charge in [-0.25, -0.2) is 0 Å². The molecule has 72 valence electrons. The normalized spacial score (nSPS) is 13.0. The molecule has 0 amide bonds. The number of aliphatic hydroxyl groups is 1. The number of aryl methyl sites for hydroxylation is 1. The SMILES string of the molecule is Cc1cc(Br)c(C)c(C(N)CO)c1. The molecule has 0 fully saturated rings. The van der Waals surface area contributed by atoms with Gasteiger partial charge < -0.3 is 10.8 Å². The summed E-state index contributed by atoms with van der Waals surface area (Å²) < 4.78 is 1.05. The molecule has 0 aliphatic carbocycles. The molecule has 0 saturated carbocycles. The van der Waals surface area contributed by atoms with Gasteiger partial charge in [0.2, 0.25) is 0 Å². The van der Waals surface area contributed by atoms with Crippen molar-refractivity contribution in [1.82, 2.24) is 0 Å². The lowest BCUT2D eigenvalue weighted by Gasteiger charge is -2.14. The molecule has 1 atom stereocenters. The number of rotatable bonds is 2. The minimum Gasteiger partial charge on any atom is -0.394 e. The molecule has 0 saturated heterocycles. The first-order chi connectivity index (χ1) is 6.06. The highest BCUT2D eigenvalue weighted by Gasteiger charge is 2.10. The van der Waals surface area contributed by atoms with Crippen molar-refractivity contribution >= 4 is 15.9 Å². The highest BCUT2D eigenvalue weighted by atomic mass is 79.9. The lowest BCUT2D eigenvalue weighted by molar-refractivity contribution is 0.267. The van der Waals surface area contributed by atoms with E-state index in [1.54, 1.807) is 0 Å². The molecule has 0 aliphatic rings. The van der Waals surface area contributed by atoms with Crippen LogP contribution in [0.4, 0.5) is 0 Å². The first kappa shape index (κ1) is 10.7. The van der Waals surface area contributed by atoms with Crippen LogP contribution in [0.15, 0.2) is 16.6 Å². The first-order valence-corrected chi connectivity index (χ1v) is 4.98. The molecule has 13 heavy (non-hydrogen) atoms. The largest absolute Gasteiger partial charge is 0.394 e. The maximum absolute atomic E-state index is 8.95. The highest BCUT2D eigenvalue weighted by Crippen LogP contribution is 2.25. The Bertz CT molecular complexity index is 312. The molecule has 1 rings (SSSR count). The summed E-state index contributed by atoms with van der Waals surface area (Å²) in [5.41, 5.74) is 9.02. The second-order valence-corrected chi connectivity index (χ2v) is 4.10. The third-order valence-electron chi connectivity index (χ3n) is 2.12. The van der Waals surface area contributed by atoms with Crippen LogP contribution in [-0.4, -0.2) is 11.7 Å². The third-order valence-corrected chi connectivity index (χ3v) is 2.95. The van der Waals surface area contributed by atoms with Gasteiger partial charge in [0.05, 0.1) is 12.6 Å². The molecule has 3 heteroatoms. The molecule has 0 aliphatic heterocycles. The molecule has 0 spiro atoms. The number of hydrogen-bond donors (Lipinski definition) is 2. The van der Waals surface area contributed by atoms with Crippen molar-refractivity contribution in [2.75, 3.05) is 6.61 Å². The van der Waals surface area contributed by atoms with Gasteiger partial charge in [-0.15, -0.1) is 0 Å². The summed E-state index contributed by atoms with van der Waals surface area (Å²) in [5, 5.41) is 8.95. The van der Waals surface area contributed by atoms with E-state index in [0.717, 1.165) is 21.2 Å². The van der Waals surface area contributed by atoms with Crippen molar-refractivity contribution < 1.29 is 5.11 Å². The van der Waals surface area contributed by atoms with E-state index in [4.69, 9.17) is 10.8 Å². The van der Waals surface area contributed by atoms with Crippen molar-refractivity contribution in [3.8, 4) is 0 Å². The molecule has 0 radical (unpaired) electrons. The topological polar surface area (TPSA) is 46.2 Å². The Hall–Kier alpha value is -0.380. The average molecular weight is 244 g/mol. The zero-order valence-corrected chi connectivity index (χ0v) is 9.43. The van der Waals surface area contributed by atoms with Gasteiger partial charge in [0.15, 0.2) is 0 Å². The second kappa shape index (κ2) is 4.22. The Labute approximate surface area is 86.9 Å². The van der Waals surface area contributed by atoms with E-state index in [0.29, 0.717) is 0 Å². The zero-order chi connectivity index (χ0) is 10.0. The Balaban J connectivity index is 3.20. The number of nitrogens with two attached hydrogens (primary N) is 1. The van der Waals surface area contributed by atoms with Crippen LogP contribution in [0, 0.1) is 13.8 Å². The van der Waals surface area contributed by atoms with E-state index in [-0.39, 0.29) is 12.6 Å². The van der Waals surface area contributed by atoms with Crippen molar-refractivity contribution in [3.63, 3.8) is 0 Å². The number of hydrogen-bond acceptors (Lipinski definition) is 2. The van der Waals surface area contributed by atoms with Gasteiger partial charge in [0, 0.05) is 4.47 Å². The maximum atomic E-state index is 8.95. The van der Waals surface area contributed by atoms with Crippen LogP contribution in [-0.2, 0) is 0 Å². The third kappa shape index (κ3) is 2.30. The number of halogens is 1. The fourth-order valence-electron chi connectivity index (χ4n) is 1.32. The monoisotopic (exact) mass is 243 g/mol. The molecule has 2 nitrogen and oxygen atoms in total. The Kier molecular flexibility index (Phi) is 3.47. The van der Waals surface area contributed by atoms with Crippen LogP contribution in [0.2, 0.25) is 0 Å². The summed E-state index contributed by atoms with van der Waals surface area (Å²) in [4.78, 5) is 0.